The number of phosphoric ester groups is 2. The Morgan fingerprint density at radius 1 is 0.674 bits per heavy atom. The number of rotatable bonds is 12. The van der Waals surface area contributed by atoms with Crippen molar-refractivity contribution in [3.63, 3.8) is 0 Å². The van der Waals surface area contributed by atoms with Crippen LogP contribution in [0.2, 0.25) is 0 Å². The number of carbonyl (C=O) groups is 1. The van der Waals surface area contributed by atoms with Crippen LogP contribution in [0.4, 0.5) is 4.79 Å². The summed E-state index contributed by atoms with van der Waals surface area (Å²) in [4.78, 5) is 10.3. The zero-order valence-electron chi connectivity index (χ0n) is 29.3. The Morgan fingerprint density at radius 2 is 1.09 bits per heavy atom. The highest BCUT2D eigenvalue weighted by atomic mass is 31.2. The van der Waals surface area contributed by atoms with Crippen molar-refractivity contribution in [1.82, 2.24) is 0 Å². The van der Waals surface area contributed by atoms with Crippen molar-refractivity contribution in [2.24, 2.45) is 16.2 Å². The van der Waals surface area contributed by atoms with E-state index in [4.69, 9.17) is 41.7 Å². The lowest BCUT2D eigenvalue weighted by molar-refractivity contribution is -0.0600. The molecule has 3 aliphatic heterocycles. The van der Waals surface area contributed by atoms with Gasteiger partial charge in [0.25, 0.3) is 0 Å². The number of hydrogen-bond donors (Lipinski definition) is 2. The van der Waals surface area contributed by atoms with Gasteiger partial charge in [0.1, 0.15) is 13.2 Å². The van der Waals surface area contributed by atoms with E-state index in [0.29, 0.717) is 39.6 Å². The minimum atomic E-state index is -3.48. The molecule has 17 heteroatoms. The fourth-order valence-corrected chi connectivity index (χ4v) is 6.73. The van der Waals surface area contributed by atoms with Gasteiger partial charge in [-0.1, -0.05) is 41.5 Å². The van der Waals surface area contributed by atoms with E-state index in [2.05, 4.69) is 9.47 Å². The molecule has 0 aliphatic carbocycles. The van der Waals surface area contributed by atoms with E-state index in [-0.39, 0.29) is 48.3 Å². The van der Waals surface area contributed by atoms with Crippen molar-refractivity contribution >= 4 is 21.8 Å². The van der Waals surface area contributed by atoms with Crippen LogP contribution in [0.1, 0.15) is 76.2 Å². The van der Waals surface area contributed by atoms with Crippen LogP contribution in [0.15, 0.2) is 0 Å². The number of carbonyl (C=O) groups excluding carboxylic acids is 1. The lowest BCUT2D eigenvalue weighted by atomic mass is 9.96. The molecule has 3 saturated heterocycles. The molecule has 0 aromatic rings. The molecule has 3 aliphatic rings. The standard InChI is InChI=1S/C12H25O6P.C11H23O6P.C6H10O3/c1-9(6-15-11(3)10(2)13)18-19(14)16-7-12(4,5)8-17-19;1-9(14-6-5-12)10(2)17-18(13)15-7-11(3,4)8-16-18;1-6(2)3-8-5(7)9-4-6/h9-11,13H,6-8H2,1-5H3;9-10,12H,5-8H2,1-4H3;3-4H2,1-2H3. The zero-order valence-corrected chi connectivity index (χ0v) is 31.1. The third-order valence-corrected chi connectivity index (χ3v) is 9.62. The Labute approximate surface area is 274 Å². The van der Waals surface area contributed by atoms with Crippen LogP contribution in [-0.4, -0.2) is 106 Å². The number of aliphatic hydroxyl groups excluding tert-OH is 2. The second kappa shape index (κ2) is 18.9. The Bertz CT molecular complexity index is 963. The molecule has 0 spiro atoms. The van der Waals surface area contributed by atoms with E-state index in [1.54, 1.807) is 34.6 Å². The quantitative estimate of drug-likeness (QED) is 0.191. The van der Waals surface area contributed by atoms with Gasteiger partial charge in [-0.25, -0.2) is 13.9 Å². The van der Waals surface area contributed by atoms with Gasteiger partial charge in [-0.3, -0.25) is 27.1 Å². The fraction of sp³-hybridized carbons (Fsp3) is 0.966. The van der Waals surface area contributed by atoms with Crippen molar-refractivity contribution in [3.8, 4) is 0 Å². The molecule has 5 atom stereocenters. The first-order chi connectivity index (χ1) is 21.0. The van der Waals surface area contributed by atoms with Crippen LogP contribution < -0.4 is 0 Å². The molecular formula is C29H58O15P2. The van der Waals surface area contributed by atoms with Gasteiger partial charge in [0, 0.05) is 16.2 Å². The van der Waals surface area contributed by atoms with Crippen molar-refractivity contribution in [3.05, 3.63) is 0 Å². The number of hydrogen-bond acceptors (Lipinski definition) is 15. The summed E-state index contributed by atoms with van der Waals surface area (Å²) in [6.45, 7) is 23.1. The maximum Gasteiger partial charge on any atom is 0.508 e. The van der Waals surface area contributed by atoms with Crippen molar-refractivity contribution < 1.29 is 70.2 Å². The van der Waals surface area contributed by atoms with E-state index < -0.39 is 40.1 Å². The molecule has 0 amide bonds. The lowest BCUT2D eigenvalue weighted by Crippen LogP contribution is -2.34. The van der Waals surface area contributed by atoms with Crippen molar-refractivity contribution in [1.29, 1.82) is 0 Å². The van der Waals surface area contributed by atoms with Crippen LogP contribution in [0.3, 0.4) is 0 Å². The second-order valence-electron chi connectivity index (χ2n) is 14.1. The summed E-state index contributed by atoms with van der Waals surface area (Å²) < 4.78 is 75.7. The Hall–Kier alpha value is -0.670. The molecule has 3 rings (SSSR count). The largest absolute Gasteiger partial charge is 0.508 e. The minimum Gasteiger partial charge on any atom is -0.434 e. The molecule has 3 heterocycles. The van der Waals surface area contributed by atoms with Gasteiger partial charge in [-0.15, -0.1) is 0 Å². The van der Waals surface area contributed by atoms with E-state index >= 15 is 0 Å². The predicted octanol–water partition coefficient (Wildman–Crippen LogP) is 5.51. The van der Waals surface area contributed by atoms with Crippen LogP contribution in [0, 0.1) is 16.2 Å². The monoisotopic (exact) mass is 708 g/mol. The first kappa shape index (κ1) is 43.4. The van der Waals surface area contributed by atoms with E-state index in [9.17, 15) is 19.0 Å². The summed E-state index contributed by atoms with van der Waals surface area (Å²) in [7, 11) is -6.95. The van der Waals surface area contributed by atoms with E-state index in [1.165, 1.54) is 0 Å². The first-order valence-electron chi connectivity index (χ1n) is 15.5. The van der Waals surface area contributed by atoms with Gasteiger partial charge < -0.3 is 29.2 Å². The molecule has 15 nitrogen and oxygen atoms in total. The molecule has 3 fully saturated rings. The first-order valence-corrected chi connectivity index (χ1v) is 18.4. The molecule has 0 bridgehead atoms. The second-order valence-corrected chi connectivity index (χ2v) is 17.4. The normalized spacial score (nSPS) is 25.8. The van der Waals surface area contributed by atoms with Crippen LogP contribution in [-0.2, 0) is 55.2 Å². The highest BCUT2D eigenvalue weighted by molar-refractivity contribution is 7.48. The average Bonchev–Trinajstić information content (AvgIpc) is 2.96. The summed E-state index contributed by atoms with van der Waals surface area (Å²) in [6.07, 6.45) is -2.60. The molecule has 0 aromatic heterocycles. The predicted molar refractivity (Wildman–Crippen MR) is 168 cm³/mol. The summed E-state index contributed by atoms with van der Waals surface area (Å²) in [5, 5.41) is 18.0. The van der Waals surface area contributed by atoms with Gasteiger partial charge in [0.2, 0.25) is 0 Å². The van der Waals surface area contributed by atoms with Crippen LogP contribution in [0.25, 0.3) is 0 Å². The molecule has 0 saturated carbocycles. The lowest BCUT2D eigenvalue weighted by Gasteiger charge is -2.34. The number of ether oxygens (including phenoxy) is 4. The van der Waals surface area contributed by atoms with Crippen LogP contribution >= 0.6 is 15.6 Å². The van der Waals surface area contributed by atoms with Crippen LogP contribution in [0.5, 0.6) is 0 Å². The average molecular weight is 709 g/mol. The molecule has 0 radical (unpaired) electrons. The topological polar surface area (TPSA) is 184 Å². The SMILES string of the molecule is CC(COC(C)C(C)O)OP1(=O)OCC(C)(C)CO1.CC(OCCO)C(C)OP1(=O)OCC(C)(C)CO1.CC1(C)COC(=O)OC1. The molecule has 46 heavy (non-hydrogen) atoms. The summed E-state index contributed by atoms with van der Waals surface area (Å²) in [5.74, 6) is 0. The molecule has 0 aromatic carbocycles. The fourth-order valence-electron chi connectivity index (χ4n) is 3.23. The van der Waals surface area contributed by atoms with Gasteiger partial charge in [-0.05, 0) is 34.6 Å². The minimum absolute atomic E-state index is 0.00604. The Kier molecular flexibility index (Phi) is 17.8. The third kappa shape index (κ3) is 17.6. The number of cyclic esters (lactones) is 2. The molecule has 5 unspecified atom stereocenters. The zero-order chi connectivity index (χ0) is 35.4. The summed E-state index contributed by atoms with van der Waals surface area (Å²) >= 11 is 0. The Morgan fingerprint density at radius 3 is 1.48 bits per heavy atom. The van der Waals surface area contributed by atoms with E-state index in [1.807, 2.05) is 41.5 Å². The van der Waals surface area contributed by atoms with Gasteiger partial charge in [0.05, 0.1) is 76.8 Å². The maximum atomic E-state index is 12.1. The highest BCUT2D eigenvalue weighted by Crippen LogP contribution is 2.56. The molecule has 274 valence electrons. The van der Waals surface area contributed by atoms with Gasteiger partial charge in [0.15, 0.2) is 0 Å². The van der Waals surface area contributed by atoms with E-state index in [0.717, 1.165) is 0 Å². The van der Waals surface area contributed by atoms with Gasteiger partial charge >= 0.3 is 21.8 Å². The number of phosphoric acid groups is 2. The highest BCUT2D eigenvalue weighted by Gasteiger charge is 2.41. The van der Waals surface area contributed by atoms with Gasteiger partial charge in [-0.2, -0.15) is 0 Å². The Balaban J connectivity index is 0.000000366. The summed E-state index contributed by atoms with van der Waals surface area (Å²) in [5.41, 5.74) is -0.314. The molecular weight excluding hydrogens is 650 g/mol. The van der Waals surface area contributed by atoms with Crippen molar-refractivity contribution in [2.45, 2.75) is 107 Å². The maximum absolute atomic E-state index is 12.1. The summed E-state index contributed by atoms with van der Waals surface area (Å²) in [6, 6.07) is 0. The number of aliphatic hydroxyl groups is 2. The van der Waals surface area contributed by atoms with Crippen molar-refractivity contribution in [2.75, 3.05) is 59.5 Å². The smallest absolute Gasteiger partial charge is 0.434 e. The third-order valence-electron chi connectivity index (χ3n) is 6.63. The molecule has 2 N–H and O–H groups in total.